The van der Waals surface area contributed by atoms with Crippen LogP contribution in [0.5, 0.6) is 0 Å². The molecule has 18 heavy (non-hydrogen) atoms. The van der Waals surface area contributed by atoms with E-state index in [-0.39, 0.29) is 5.38 Å². The van der Waals surface area contributed by atoms with Crippen molar-refractivity contribution >= 4 is 39.1 Å². The molecular formula is C15H13BrCl2. The van der Waals surface area contributed by atoms with E-state index in [2.05, 4.69) is 48.0 Å². The van der Waals surface area contributed by atoms with E-state index in [1.807, 2.05) is 18.2 Å². The Labute approximate surface area is 126 Å². The summed E-state index contributed by atoms with van der Waals surface area (Å²) in [6.07, 6.45) is 0. The highest BCUT2D eigenvalue weighted by atomic mass is 79.9. The third-order valence-corrected chi connectivity index (χ3v) is 4.24. The van der Waals surface area contributed by atoms with E-state index in [0.717, 1.165) is 15.6 Å². The molecule has 0 N–H and O–H groups in total. The Kier molecular flexibility index (Phi) is 4.37. The van der Waals surface area contributed by atoms with E-state index in [1.165, 1.54) is 11.1 Å². The lowest BCUT2D eigenvalue weighted by Crippen LogP contribution is -1.98. The number of rotatable bonds is 2. The molecule has 0 saturated carbocycles. The molecule has 2 rings (SSSR count). The molecule has 0 nitrogen and oxygen atoms in total. The van der Waals surface area contributed by atoms with Crippen LogP contribution in [0.2, 0.25) is 5.02 Å². The van der Waals surface area contributed by atoms with Gasteiger partial charge in [-0.3, -0.25) is 0 Å². The number of alkyl halides is 1. The smallest absolute Gasteiger partial charge is 0.0852 e. The van der Waals surface area contributed by atoms with E-state index >= 15 is 0 Å². The van der Waals surface area contributed by atoms with E-state index in [4.69, 9.17) is 23.2 Å². The average molecular weight is 344 g/mol. The molecule has 0 aliphatic rings. The molecule has 0 fully saturated rings. The van der Waals surface area contributed by atoms with Crippen molar-refractivity contribution in [1.82, 2.24) is 0 Å². The summed E-state index contributed by atoms with van der Waals surface area (Å²) >= 11 is 16.2. The van der Waals surface area contributed by atoms with Gasteiger partial charge in [-0.1, -0.05) is 51.3 Å². The van der Waals surface area contributed by atoms with Crippen LogP contribution in [0.3, 0.4) is 0 Å². The first kappa shape index (κ1) is 13.9. The highest BCUT2D eigenvalue weighted by molar-refractivity contribution is 9.10. The first-order valence-electron chi connectivity index (χ1n) is 5.65. The lowest BCUT2D eigenvalue weighted by atomic mass is 9.98. The van der Waals surface area contributed by atoms with Crippen molar-refractivity contribution in [2.24, 2.45) is 0 Å². The van der Waals surface area contributed by atoms with E-state index in [0.29, 0.717) is 5.02 Å². The molecule has 0 aromatic heterocycles. The van der Waals surface area contributed by atoms with E-state index < -0.39 is 0 Å². The van der Waals surface area contributed by atoms with Gasteiger partial charge in [-0.15, -0.1) is 11.6 Å². The van der Waals surface area contributed by atoms with Crippen molar-refractivity contribution in [2.75, 3.05) is 0 Å². The second-order valence-corrected chi connectivity index (χ2v) is 6.15. The van der Waals surface area contributed by atoms with Crippen LogP contribution in [-0.2, 0) is 0 Å². The van der Waals surface area contributed by atoms with Crippen LogP contribution in [-0.4, -0.2) is 0 Å². The zero-order valence-electron chi connectivity index (χ0n) is 10.2. The van der Waals surface area contributed by atoms with Crippen molar-refractivity contribution in [3.05, 3.63) is 68.1 Å². The molecule has 94 valence electrons. The largest absolute Gasteiger partial charge is 0.113 e. The van der Waals surface area contributed by atoms with Gasteiger partial charge in [0.25, 0.3) is 0 Å². The number of aryl methyl sites for hydroxylation is 2. The van der Waals surface area contributed by atoms with Gasteiger partial charge in [-0.2, -0.15) is 0 Å². The topological polar surface area (TPSA) is 0 Å². The normalized spacial score (nSPS) is 12.5. The van der Waals surface area contributed by atoms with Gasteiger partial charge in [0.2, 0.25) is 0 Å². The summed E-state index contributed by atoms with van der Waals surface area (Å²) in [6, 6.07) is 12.0. The Balaban J connectivity index is 2.47. The SMILES string of the molecule is Cc1ccc(C(Cl)c2cc(Br)ccc2Cl)c(C)c1. The lowest BCUT2D eigenvalue weighted by molar-refractivity contribution is 1.10. The Morgan fingerprint density at radius 1 is 1.00 bits per heavy atom. The second kappa shape index (κ2) is 5.64. The van der Waals surface area contributed by atoms with Gasteiger partial charge < -0.3 is 0 Å². The summed E-state index contributed by atoms with van der Waals surface area (Å²) in [5, 5.41) is 0.466. The number of hydrogen-bond donors (Lipinski definition) is 0. The fraction of sp³-hybridized carbons (Fsp3) is 0.200. The van der Waals surface area contributed by atoms with Gasteiger partial charge in [0.15, 0.2) is 0 Å². The summed E-state index contributed by atoms with van der Waals surface area (Å²) in [5.74, 6) is 0. The van der Waals surface area contributed by atoms with E-state index in [9.17, 15) is 0 Å². The van der Waals surface area contributed by atoms with Gasteiger partial charge in [-0.25, -0.2) is 0 Å². The summed E-state index contributed by atoms with van der Waals surface area (Å²) in [7, 11) is 0. The quantitative estimate of drug-likeness (QED) is 0.582. The molecule has 0 bridgehead atoms. The van der Waals surface area contributed by atoms with Crippen molar-refractivity contribution in [3.8, 4) is 0 Å². The molecule has 0 radical (unpaired) electrons. The molecule has 2 aromatic rings. The number of benzene rings is 2. The minimum absolute atomic E-state index is 0.226. The Hall–Kier alpha value is -0.500. The van der Waals surface area contributed by atoms with Crippen LogP contribution < -0.4 is 0 Å². The molecule has 0 saturated heterocycles. The minimum atomic E-state index is -0.226. The Bertz CT molecular complexity index is 579. The molecule has 3 heteroatoms. The molecule has 0 aliphatic heterocycles. The molecule has 1 unspecified atom stereocenters. The van der Waals surface area contributed by atoms with Crippen LogP contribution in [0.1, 0.15) is 27.6 Å². The molecule has 0 amide bonds. The highest BCUT2D eigenvalue weighted by Gasteiger charge is 2.16. The first-order chi connectivity index (χ1) is 8.49. The van der Waals surface area contributed by atoms with Crippen LogP contribution in [0.25, 0.3) is 0 Å². The third-order valence-electron chi connectivity index (χ3n) is 2.93. The zero-order chi connectivity index (χ0) is 13.3. The number of hydrogen-bond acceptors (Lipinski definition) is 0. The van der Waals surface area contributed by atoms with Crippen molar-refractivity contribution in [1.29, 1.82) is 0 Å². The predicted molar refractivity (Wildman–Crippen MR) is 82.8 cm³/mol. The number of halogens is 3. The van der Waals surface area contributed by atoms with Crippen LogP contribution in [0.4, 0.5) is 0 Å². The van der Waals surface area contributed by atoms with Gasteiger partial charge in [-0.05, 0) is 48.7 Å². The predicted octanol–water partition coefficient (Wildman–Crippen LogP) is 6.05. The molecule has 0 heterocycles. The maximum absolute atomic E-state index is 6.56. The zero-order valence-corrected chi connectivity index (χ0v) is 13.3. The van der Waals surface area contributed by atoms with Crippen LogP contribution in [0.15, 0.2) is 40.9 Å². The second-order valence-electron chi connectivity index (χ2n) is 4.39. The molecular weight excluding hydrogens is 331 g/mol. The fourth-order valence-electron chi connectivity index (χ4n) is 1.99. The third kappa shape index (κ3) is 2.90. The molecule has 1 atom stereocenters. The lowest BCUT2D eigenvalue weighted by Gasteiger charge is -2.15. The van der Waals surface area contributed by atoms with E-state index in [1.54, 1.807) is 0 Å². The van der Waals surface area contributed by atoms with Gasteiger partial charge in [0.05, 0.1) is 5.38 Å². The Morgan fingerprint density at radius 3 is 2.39 bits per heavy atom. The summed E-state index contributed by atoms with van der Waals surface area (Å²) < 4.78 is 0.984. The maximum Gasteiger partial charge on any atom is 0.0852 e. The standard InChI is InChI=1S/C15H13BrCl2/c1-9-3-5-12(10(2)7-9)15(18)13-8-11(16)4-6-14(13)17/h3-8,15H,1-2H3. The summed E-state index contributed by atoms with van der Waals surface area (Å²) in [6.45, 7) is 4.15. The van der Waals surface area contributed by atoms with Crippen molar-refractivity contribution in [3.63, 3.8) is 0 Å². The fourth-order valence-corrected chi connectivity index (χ4v) is 3.07. The molecule has 2 aromatic carbocycles. The van der Waals surface area contributed by atoms with Gasteiger partial charge in [0.1, 0.15) is 0 Å². The summed E-state index contributed by atoms with van der Waals surface area (Å²) in [4.78, 5) is 0. The first-order valence-corrected chi connectivity index (χ1v) is 7.26. The molecule has 0 spiro atoms. The molecule has 0 aliphatic carbocycles. The summed E-state index contributed by atoms with van der Waals surface area (Å²) in [5.41, 5.74) is 4.45. The monoisotopic (exact) mass is 342 g/mol. The maximum atomic E-state index is 6.56. The Morgan fingerprint density at radius 2 is 1.72 bits per heavy atom. The van der Waals surface area contributed by atoms with Crippen molar-refractivity contribution in [2.45, 2.75) is 19.2 Å². The van der Waals surface area contributed by atoms with Gasteiger partial charge in [0, 0.05) is 9.50 Å². The van der Waals surface area contributed by atoms with Gasteiger partial charge >= 0.3 is 0 Å². The van der Waals surface area contributed by atoms with Crippen molar-refractivity contribution < 1.29 is 0 Å². The highest BCUT2D eigenvalue weighted by Crippen LogP contribution is 2.36. The van der Waals surface area contributed by atoms with Crippen LogP contribution >= 0.6 is 39.1 Å². The minimum Gasteiger partial charge on any atom is -0.113 e. The van der Waals surface area contributed by atoms with Crippen LogP contribution in [0, 0.1) is 13.8 Å². The average Bonchev–Trinajstić information content (AvgIpc) is 2.31.